The Kier molecular flexibility index (Phi) is 4.69. The van der Waals surface area contributed by atoms with Crippen LogP contribution in [0.1, 0.15) is 29.6 Å². The van der Waals surface area contributed by atoms with Crippen LogP contribution >= 0.6 is 0 Å². The molecule has 1 atom stereocenters. The number of ether oxygens (including phenoxy) is 1. The van der Waals surface area contributed by atoms with Crippen molar-refractivity contribution in [2.75, 3.05) is 20.2 Å². The second-order valence-corrected chi connectivity index (χ2v) is 5.02. The number of carbonyl (C=O) groups is 1. The standard InChI is InChI=1S/C13H17N3O5/c1-15-5-2-3-9(15)4-6-21-12-11(13(17)18)7-10(8-14-12)16(19)20/h7-9H,2-6H2,1H3,(H,17,18). The van der Waals surface area contributed by atoms with Gasteiger partial charge in [0.2, 0.25) is 5.88 Å². The molecule has 0 bridgehead atoms. The molecule has 1 fully saturated rings. The molecule has 21 heavy (non-hydrogen) atoms. The lowest BCUT2D eigenvalue weighted by atomic mass is 10.1. The number of carboxylic acids is 1. The lowest BCUT2D eigenvalue weighted by Crippen LogP contribution is -2.26. The lowest BCUT2D eigenvalue weighted by molar-refractivity contribution is -0.385. The Morgan fingerprint density at radius 2 is 2.43 bits per heavy atom. The zero-order valence-electron chi connectivity index (χ0n) is 11.7. The molecule has 1 aliphatic rings. The Balaban J connectivity index is 2.02. The van der Waals surface area contributed by atoms with E-state index in [1.165, 1.54) is 0 Å². The summed E-state index contributed by atoms with van der Waals surface area (Å²) in [7, 11) is 2.05. The summed E-state index contributed by atoms with van der Waals surface area (Å²) >= 11 is 0. The second-order valence-electron chi connectivity index (χ2n) is 5.02. The van der Waals surface area contributed by atoms with Gasteiger partial charge in [0, 0.05) is 12.1 Å². The van der Waals surface area contributed by atoms with Gasteiger partial charge in [-0.15, -0.1) is 0 Å². The first-order chi connectivity index (χ1) is 9.99. The monoisotopic (exact) mass is 295 g/mol. The van der Waals surface area contributed by atoms with Crippen molar-refractivity contribution in [2.24, 2.45) is 0 Å². The summed E-state index contributed by atoms with van der Waals surface area (Å²) in [5, 5.41) is 19.7. The molecule has 8 nitrogen and oxygen atoms in total. The molecule has 114 valence electrons. The molecule has 0 radical (unpaired) electrons. The van der Waals surface area contributed by atoms with Gasteiger partial charge in [-0.3, -0.25) is 10.1 Å². The van der Waals surface area contributed by atoms with E-state index in [1.807, 2.05) is 7.05 Å². The zero-order chi connectivity index (χ0) is 15.4. The molecular weight excluding hydrogens is 278 g/mol. The fourth-order valence-electron chi connectivity index (χ4n) is 2.44. The molecule has 0 saturated carbocycles. The van der Waals surface area contributed by atoms with E-state index >= 15 is 0 Å². The summed E-state index contributed by atoms with van der Waals surface area (Å²) in [6, 6.07) is 1.39. The molecule has 8 heteroatoms. The average Bonchev–Trinajstić information content (AvgIpc) is 2.84. The largest absolute Gasteiger partial charge is 0.477 e. The van der Waals surface area contributed by atoms with E-state index in [-0.39, 0.29) is 17.1 Å². The van der Waals surface area contributed by atoms with Crippen molar-refractivity contribution in [3.05, 3.63) is 27.9 Å². The van der Waals surface area contributed by atoms with Crippen LogP contribution in [0.4, 0.5) is 5.69 Å². The van der Waals surface area contributed by atoms with Gasteiger partial charge in [-0.25, -0.2) is 9.78 Å². The second kappa shape index (κ2) is 6.49. The molecule has 2 heterocycles. The fraction of sp³-hybridized carbons (Fsp3) is 0.538. The van der Waals surface area contributed by atoms with E-state index in [0.717, 1.165) is 38.1 Å². The third-order valence-electron chi connectivity index (χ3n) is 3.64. The van der Waals surface area contributed by atoms with Crippen molar-refractivity contribution in [1.82, 2.24) is 9.88 Å². The van der Waals surface area contributed by atoms with Gasteiger partial charge >= 0.3 is 5.97 Å². The minimum Gasteiger partial charge on any atom is -0.477 e. The molecule has 0 aliphatic carbocycles. The van der Waals surface area contributed by atoms with Gasteiger partial charge in [0.1, 0.15) is 11.8 Å². The summed E-state index contributed by atoms with van der Waals surface area (Å²) in [4.78, 5) is 27.1. The molecule has 1 saturated heterocycles. The van der Waals surface area contributed by atoms with E-state index < -0.39 is 10.9 Å². The van der Waals surface area contributed by atoms with Gasteiger partial charge in [-0.2, -0.15) is 0 Å². The maximum atomic E-state index is 11.1. The molecule has 1 aromatic rings. The molecule has 1 N–H and O–H groups in total. The van der Waals surface area contributed by atoms with Gasteiger partial charge in [0.05, 0.1) is 11.5 Å². The smallest absolute Gasteiger partial charge is 0.341 e. The highest BCUT2D eigenvalue weighted by Crippen LogP contribution is 2.22. The number of likely N-dealkylation sites (tertiary alicyclic amines) is 1. The first kappa shape index (κ1) is 15.2. The van der Waals surface area contributed by atoms with Crippen LogP contribution in [0.5, 0.6) is 5.88 Å². The number of aromatic nitrogens is 1. The number of nitrogens with zero attached hydrogens (tertiary/aromatic N) is 3. The topological polar surface area (TPSA) is 106 Å². The summed E-state index contributed by atoms with van der Waals surface area (Å²) in [5.41, 5.74) is -0.653. The summed E-state index contributed by atoms with van der Waals surface area (Å²) in [6.07, 6.45) is 4.02. The molecule has 0 amide bonds. The maximum absolute atomic E-state index is 11.1. The molecule has 1 aliphatic heterocycles. The van der Waals surface area contributed by atoms with Crippen LogP contribution < -0.4 is 4.74 Å². The van der Waals surface area contributed by atoms with Crippen LogP contribution in [0.3, 0.4) is 0 Å². The van der Waals surface area contributed by atoms with Crippen molar-refractivity contribution in [3.8, 4) is 5.88 Å². The number of aromatic carboxylic acids is 1. The number of pyridine rings is 1. The van der Waals surface area contributed by atoms with Crippen LogP contribution in [0.2, 0.25) is 0 Å². The van der Waals surface area contributed by atoms with Crippen molar-refractivity contribution >= 4 is 11.7 Å². The number of nitro groups is 1. The first-order valence-corrected chi connectivity index (χ1v) is 6.70. The number of carboxylic acid groups (broad SMARTS) is 1. The predicted molar refractivity (Wildman–Crippen MR) is 73.6 cm³/mol. The lowest BCUT2D eigenvalue weighted by Gasteiger charge is -2.19. The highest BCUT2D eigenvalue weighted by Gasteiger charge is 2.22. The minimum atomic E-state index is -1.29. The highest BCUT2D eigenvalue weighted by atomic mass is 16.6. The van der Waals surface area contributed by atoms with Gasteiger partial charge in [-0.1, -0.05) is 0 Å². The Labute approximate surface area is 121 Å². The molecule has 0 spiro atoms. The summed E-state index contributed by atoms with van der Waals surface area (Å²) in [6.45, 7) is 1.39. The normalized spacial score (nSPS) is 18.6. The van der Waals surface area contributed by atoms with Crippen LogP contribution in [-0.4, -0.2) is 52.1 Å². The Hall–Kier alpha value is -2.22. The van der Waals surface area contributed by atoms with Crippen molar-refractivity contribution in [2.45, 2.75) is 25.3 Å². The summed E-state index contributed by atoms with van der Waals surface area (Å²) < 4.78 is 5.40. The Bertz CT molecular complexity index is 549. The first-order valence-electron chi connectivity index (χ1n) is 6.70. The maximum Gasteiger partial charge on any atom is 0.341 e. The molecule has 1 unspecified atom stereocenters. The fourth-order valence-corrected chi connectivity index (χ4v) is 2.44. The van der Waals surface area contributed by atoms with Gasteiger partial charge in [0.25, 0.3) is 5.69 Å². The zero-order valence-corrected chi connectivity index (χ0v) is 11.7. The van der Waals surface area contributed by atoms with E-state index in [0.29, 0.717) is 12.6 Å². The van der Waals surface area contributed by atoms with Gasteiger partial charge in [-0.05, 0) is 32.9 Å². The van der Waals surface area contributed by atoms with Crippen molar-refractivity contribution in [1.29, 1.82) is 0 Å². The highest BCUT2D eigenvalue weighted by molar-refractivity contribution is 5.90. The van der Waals surface area contributed by atoms with Crippen LogP contribution in [0.25, 0.3) is 0 Å². The minimum absolute atomic E-state index is 0.0752. The number of hydrogen-bond acceptors (Lipinski definition) is 6. The molecule has 1 aromatic heterocycles. The third kappa shape index (κ3) is 3.66. The Morgan fingerprint density at radius 1 is 1.67 bits per heavy atom. The van der Waals surface area contributed by atoms with Crippen molar-refractivity contribution in [3.63, 3.8) is 0 Å². The summed E-state index contributed by atoms with van der Waals surface area (Å²) in [5.74, 6) is -1.37. The van der Waals surface area contributed by atoms with E-state index in [9.17, 15) is 14.9 Å². The van der Waals surface area contributed by atoms with E-state index in [2.05, 4.69) is 9.88 Å². The van der Waals surface area contributed by atoms with E-state index in [1.54, 1.807) is 0 Å². The van der Waals surface area contributed by atoms with Crippen LogP contribution in [0.15, 0.2) is 12.3 Å². The SMILES string of the molecule is CN1CCCC1CCOc1ncc([N+](=O)[O-])cc1C(=O)O. The molecule has 2 rings (SSSR count). The predicted octanol–water partition coefficient (Wildman–Crippen LogP) is 1.55. The average molecular weight is 295 g/mol. The number of hydrogen-bond donors (Lipinski definition) is 1. The molecule has 0 aromatic carbocycles. The third-order valence-corrected chi connectivity index (χ3v) is 3.64. The molecular formula is C13H17N3O5. The van der Waals surface area contributed by atoms with Crippen molar-refractivity contribution < 1.29 is 19.6 Å². The van der Waals surface area contributed by atoms with E-state index in [4.69, 9.17) is 9.84 Å². The van der Waals surface area contributed by atoms with Gasteiger partial charge < -0.3 is 14.7 Å². The van der Waals surface area contributed by atoms with Gasteiger partial charge in [0.15, 0.2) is 0 Å². The quantitative estimate of drug-likeness (QED) is 0.626. The number of rotatable bonds is 6. The van der Waals surface area contributed by atoms with Crippen LogP contribution in [0, 0.1) is 10.1 Å². The van der Waals surface area contributed by atoms with Crippen LogP contribution in [-0.2, 0) is 0 Å². The Morgan fingerprint density at radius 3 is 3.00 bits per heavy atom.